The fraction of sp³-hybridized carbons (Fsp3) is 0.659. The first kappa shape index (κ1) is 49.1. The molecule has 4 rings (SSSR count). The van der Waals surface area contributed by atoms with Crippen LogP contribution in [0.3, 0.4) is 0 Å². The van der Waals surface area contributed by atoms with Crippen LogP contribution in [0, 0.1) is 17.8 Å². The number of hydrogen-bond donors (Lipinski definition) is 8. The molecule has 342 valence electrons. The van der Waals surface area contributed by atoms with Gasteiger partial charge in [0.1, 0.15) is 36.3 Å². The Labute approximate surface area is 362 Å². The van der Waals surface area contributed by atoms with E-state index in [1.54, 1.807) is 30.3 Å². The van der Waals surface area contributed by atoms with E-state index in [1.807, 2.05) is 13.8 Å². The summed E-state index contributed by atoms with van der Waals surface area (Å²) in [5, 5.41) is 33.0. The molecule has 1 saturated heterocycles. The van der Waals surface area contributed by atoms with Gasteiger partial charge in [-0.05, 0) is 61.8 Å². The predicted molar refractivity (Wildman–Crippen MR) is 225 cm³/mol. The summed E-state index contributed by atoms with van der Waals surface area (Å²) in [6.45, 7) is 4.85. The van der Waals surface area contributed by atoms with Crippen LogP contribution in [0.15, 0.2) is 30.3 Å². The van der Waals surface area contributed by atoms with Gasteiger partial charge in [-0.25, -0.2) is 4.79 Å². The maximum Gasteiger partial charge on any atom is 0.326 e. The number of hydrogen-bond acceptors (Lipinski definition) is 9. The highest BCUT2D eigenvalue weighted by Crippen LogP contribution is 2.40. The van der Waals surface area contributed by atoms with Gasteiger partial charge >= 0.3 is 11.9 Å². The highest BCUT2D eigenvalue weighted by molar-refractivity contribution is 5.98. The summed E-state index contributed by atoms with van der Waals surface area (Å²) in [7, 11) is 0. The van der Waals surface area contributed by atoms with Crippen molar-refractivity contribution in [1.82, 2.24) is 31.5 Å². The number of nitrogens with zero attached hydrogens (tertiary/aromatic N) is 1. The Hall–Kier alpha value is -5.55. The molecule has 8 atom stereocenters. The zero-order valence-corrected chi connectivity index (χ0v) is 36.1. The minimum atomic E-state index is -1.69. The molecule has 1 aromatic carbocycles. The Morgan fingerprint density at radius 3 is 1.94 bits per heavy atom. The van der Waals surface area contributed by atoms with Gasteiger partial charge in [-0.2, -0.15) is 0 Å². The van der Waals surface area contributed by atoms with E-state index in [0.717, 1.165) is 51.4 Å². The van der Waals surface area contributed by atoms with Gasteiger partial charge in [-0.15, -0.1) is 0 Å². The molecule has 0 bridgehead atoms. The van der Waals surface area contributed by atoms with Crippen molar-refractivity contribution in [3.63, 3.8) is 0 Å². The van der Waals surface area contributed by atoms with Crippen LogP contribution >= 0.6 is 0 Å². The van der Waals surface area contributed by atoms with Crippen molar-refractivity contribution in [2.75, 3.05) is 0 Å². The second-order valence-corrected chi connectivity index (χ2v) is 17.6. The third kappa shape index (κ3) is 14.8. The first-order valence-corrected chi connectivity index (χ1v) is 22.0. The lowest BCUT2D eigenvalue weighted by atomic mass is 9.84. The van der Waals surface area contributed by atoms with Crippen molar-refractivity contribution in [2.45, 2.75) is 166 Å². The molecule has 1 heterocycles. The Kier molecular flexibility index (Phi) is 18.7. The predicted octanol–water partition coefficient (Wildman–Crippen LogP) is 1.67. The molecular weight excluding hydrogens is 803 g/mol. The van der Waals surface area contributed by atoms with Crippen LogP contribution in [0.25, 0.3) is 0 Å². The van der Waals surface area contributed by atoms with E-state index < -0.39 is 96.0 Å². The standard InChI is InChI=1S/C44H65N7O11/c1-25(2)20-33(43(60)51-35-17-11-10-16-29(35)23-36(51)42(59)50-34(44(61)62)22-28-14-8-5-9-15-28)49-41(58)32(24-38(54)55)48-40(57)31(21-27-12-6-4-7-13-27)47-39(56)30(46-26(3)52)18-19-37(45)53/h5,8-9,14-15,25,27,29-36H,4,6-7,10-13,16-24H2,1-3H3,(H2,45,53)(H,46,52)(H,47,56)(H,48,57)(H,49,58)(H,50,59)(H,54,55)(H,61,62)/t29-,30-,31-,32-,33-,34-,35-,36-/m0/s1. The number of carboxylic acids is 2. The lowest BCUT2D eigenvalue weighted by Gasteiger charge is -2.37. The number of fused-ring (bicyclic) bond motifs is 1. The Bertz CT molecular complexity index is 1770. The highest BCUT2D eigenvalue weighted by atomic mass is 16.4. The van der Waals surface area contributed by atoms with E-state index in [2.05, 4.69) is 26.6 Å². The molecule has 3 fully saturated rings. The summed E-state index contributed by atoms with van der Waals surface area (Å²) in [5.41, 5.74) is 5.99. The van der Waals surface area contributed by atoms with Gasteiger partial charge in [-0.3, -0.25) is 38.4 Å². The van der Waals surface area contributed by atoms with Gasteiger partial charge in [0.05, 0.1) is 6.42 Å². The van der Waals surface area contributed by atoms with Crippen molar-refractivity contribution >= 4 is 53.3 Å². The number of nitrogens with one attached hydrogen (secondary N) is 5. The largest absolute Gasteiger partial charge is 0.481 e. The number of likely N-dealkylation sites (tertiary alicyclic amines) is 1. The number of carbonyl (C=O) groups excluding carboxylic acids is 7. The number of rotatable bonds is 22. The Morgan fingerprint density at radius 1 is 0.726 bits per heavy atom. The molecule has 62 heavy (non-hydrogen) atoms. The summed E-state index contributed by atoms with van der Waals surface area (Å²) < 4.78 is 0. The van der Waals surface area contributed by atoms with Gasteiger partial charge in [0.15, 0.2) is 0 Å². The van der Waals surface area contributed by atoms with Gasteiger partial charge in [0.2, 0.25) is 41.4 Å². The average molecular weight is 868 g/mol. The Balaban J connectivity index is 1.58. The van der Waals surface area contributed by atoms with E-state index in [-0.39, 0.29) is 55.9 Å². The molecule has 0 radical (unpaired) electrons. The quantitative estimate of drug-likeness (QED) is 0.0830. The molecule has 3 aliphatic rings. The average Bonchev–Trinajstić information content (AvgIpc) is 3.61. The fourth-order valence-corrected chi connectivity index (χ4v) is 9.19. The maximum absolute atomic E-state index is 14.8. The van der Waals surface area contributed by atoms with Gasteiger partial charge < -0.3 is 47.4 Å². The molecule has 2 saturated carbocycles. The molecular formula is C44H65N7O11. The first-order chi connectivity index (χ1) is 29.4. The van der Waals surface area contributed by atoms with Crippen molar-refractivity contribution in [1.29, 1.82) is 0 Å². The normalized spacial score (nSPS) is 21.2. The molecule has 2 aliphatic carbocycles. The van der Waals surface area contributed by atoms with Crippen LogP contribution < -0.4 is 32.3 Å². The third-order valence-corrected chi connectivity index (χ3v) is 12.2. The molecule has 0 aromatic heterocycles. The van der Waals surface area contributed by atoms with Crippen LogP contribution in [0.5, 0.6) is 0 Å². The Morgan fingerprint density at radius 2 is 1.32 bits per heavy atom. The lowest BCUT2D eigenvalue weighted by Crippen LogP contribution is -2.61. The van der Waals surface area contributed by atoms with Crippen molar-refractivity contribution < 1.29 is 53.4 Å². The van der Waals surface area contributed by atoms with Crippen molar-refractivity contribution in [3.8, 4) is 0 Å². The minimum absolute atomic E-state index is 0.0165. The topological polar surface area (TPSA) is 284 Å². The summed E-state index contributed by atoms with van der Waals surface area (Å²) >= 11 is 0. The molecule has 0 spiro atoms. The highest BCUT2D eigenvalue weighted by Gasteiger charge is 2.49. The third-order valence-electron chi connectivity index (χ3n) is 12.2. The first-order valence-electron chi connectivity index (χ1n) is 22.0. The molecule has 9 N–H and O–H groups in total. The fourth-order valence-electron chi connectivity index (χ4n) is 9.19. The van der Waals surface area contributed by atoms with E-state index in [9.17, 15) is 53.4 Å². The minimum Gasteiger partial charge on any atom is -0.481 e. The molecule has 7 amide bonds. The SMILES string of the molecule is CC(=O)N[C@@H](CCC(N)=O)C(=O)N[C@@H](CC1CCCCC1)C(=O)N[C@@H](CC(=O)O)C(=O)N[C@@H](CC(C)C)C(=O)N1[C@H](C(=O)N[C@@H](Cc2ccccc2)C(=O)O)C[C@@H]2CCCC[C@@H]21. The van der Waals surface area contributed by atoms with Gasteiger partial charge in [-0.1, -0.05) is 89.1 Å². The van der Waals surface area contributed by atoms with E-state index in [1.165, 1.54) is 11.8 Å². The maximum atomic E-state index is 14.8. The summed E-state index contributed by atoms with van der Waals surface area (Å²) in [4.78, 5) is 120. The number of aliphatic carboxylic acids is 2. The van der Waals surface area contributed by atoms with Crippen molar-refractivity contribution in [3.05, 3.63) is 35.9 Å². The molecule has 18 heteroatoms. The second kappa shape index (κ2) is 23.6. The summed E-state index contributed by atoms with van der Waals surface area (Å²) in [6, 6.07) is 0.806. The van der Waals surface area contributed by atoms with Crippen LogP contribution in [0.1, 0.15) is 123 Å². The molecule has 1 aromatic rings. The van der Waals surface area contributed by atoms with Gasteiger partial charge in [0, 0.05) is 25.8 Å². The molecule has 0 unspecified atom stereocenters. The van der Waals surface area contributed by atoms with Crippen LogP contribution in [0.2, 0.25) is 0 Å². The molecule has 18 nitrogen and oxygen atoms in total. The smallest absolute Gasteiger partial charge is 0.326 e. The van der Waals surface area contributed by atoms with Crippen LogP contribution in [-0.2, 0) is 49.6 Å². The second-order valence-electron chi connectivity index (χ2n) is 17.6. The van der Waals surface area contributed by atoms with Crippen molar-refractivity contribution in [2.24, 2.45) is 23.5 Å². The number of nitrogens with two attached hydrogens (primary N) is 1. The van der Waals surface area contributed by atoms with E-state index in [4.69, 9.17) is 5.73 Å². The van der Waals surface area contributed by atoms with E-state index in [0.29, 0.717) is 18.4 Å². The zero-order valence-electron chi connectivity index (χ0n) is 36.1. The monoisotopic (exact) mass is 867 g/mol. The number of primary amides is 1. The number of carboxylic acid groups (broad SMARTS) is 2. The zero-order chi connectivity index (χ0) is 45.5. The van der Waals surface area contributed by atoms with E-state index >= 15 is 0 Å². The van der Waals surface area contributed by atoms with Gasteiger partial charge in [0.25, 0.3) is 0 Å². The lowest BCUT2D eigenvalue weighted by molar-refractivity contribution is -0.147. The number of benzene rings is 1. The van der Waals surface area contributed by atoms with Crippen LogP contribution in [-0.4, -0.2) is 111 Å². The molecule has 1 aliphatic heterocycles. The summed E-state index contributed by atoms with van der Waals surface area (Å²) in [5.74, 6) is -7.87. The number of carbonyl (C=O) groups is 9. The summed E-state index contributed by atoms with van der Waals surface area (Å²) in [6.07, 6.45) is 6.79. The van der Waals surface area contributed by atoms with Crippen LogP contribution in [0.4, 0.5) is 0 Å². The number of amides is 7.